The van der Waals surface area contributed by atoms with Crippen molar-refractivity contribution in [3.05, 3.63) is 28.8 Å². The van der Waals surface area contributed by atoms with Gasteiger partial charge in [-0.3, -0.25) is 0 Å². The summed E-state index contributed by atoms with van der Waals surface area (Å²) in [5, 5.41) is 29.3. The SMILES string of the molecule is N/C(=N/O)c1cc(CO)c(CO)cc1N. The number of rotatable bonds is 3. The number of oxime groups is 1. The number of hydrogen-bond acceptors (Lipinski definition) is 5. The Kier molecular flexibility index (Phi) is 3.48. The number of aliphatic hydroxyl groups excluding tert-OH is 2. The predicted molar refractivity (Wildman–Crippen MR) is 55.2 cm³/mol. The highest BCUT2D eigenvalue weighted by molar-refractivity contribution is 6.01. The van der Waals surface area contributed by atoms with E-state index in [0.29, 0.717) is 16.7 Å². The molecule has 0 aliphatic rings. The first-order chi connectivity index (χ1) is 7.13. The molecule has 0 aromatic heterocycles. The van der Waals surface area contributed by atoms with Crippen LogP contribution in [0.4, 0.5) is 5.69 Å². The Hall–Kier alpha value is -1.79. The summed E-state index contributed by atoms with van der Waals surface area (Å²) in [6, 6.07) is 2.97. The van der Waals surface area contributed by atoms with Crippen LogP contribution in [-0.2, 0) is 13.2 Å². The summed E-state index contributed by atoms with van der Waals surface area (Å²) in [6.45, 7) is -0.474. The highest BCUT2D eigenvalue weighted by Gasteiger charge is 2.09. The zero-order valence-corrected chi connectivity index (χ0v) is 8.01. The Morgan fingerprint density at radius 2 is 1.73 bits per heavy atom. The summed E-state index contributed by atoms with van der Waals surface area (Å²) >= 11 is 0. The fraction of sp³-hybridized carbons (Fsp3) is 0.222. The maximum absolute atomic E-state index is 9.02. The summed E-state index contributed by atoms with van der Waals surface area (Å²) in [6.07, 6.45) is 0. The zero-order chi connectivity index (χ0) is 11.4. The predicted octanol–water partition coefficient (Wildman–Crippen LogP) is -0.652. The lowest BCUT2D eigenvalue weighted by Gasteiger charge is -2.10. The van der Waals surface area contributed by atoms with E-state index in [4.69, 9.17) is 26.9 Å². The molecule has 0 atom stereocenters. The van der Waals surface area contributed by atoms with Gasteiger partial charge in [-0.2, -0.15) is 0 Å². The van der Waals surface area contributed by atoms with E-state index in [-0.39, 0.29) is 24.7 Å². The number of nitrogen functional groups attached to an aromatic ring is 1. The molecule has 0 unspecified atom stereocenters. The molecular weight excluding hydrogens is 198 g/mol. The van der Waals surface area contributed by atoms with Gasteiger partial charge in [0.1, 0.15) is 0 Å². The Morgan fingerprint density at radius 1 is 1.20 bits per heavy atom. The molecule has 15 heavy (non-hydrogen) atoms. The van der Waals surface area contributed by atoms with E-state index in [0.717, 1.165) is 0 Å². The summed E-state index contributed by atoms with van der Waals surface area (Å²) in [4.78, 5) is 0. The third-order valence-electron chi connectivity index (χ3n) is 2.10. The molecule has 0 fully saturated rings. The first kappa shape index (κ1) is 11.3. The quantitative estimate of drug-likeness (QED) is 0.149. The molecule has 6 heteroatoms. The van der Waals surface area contributed by atoms with E-state index >= 15 is 0 Å². The van der Waals surface area contributed by atoms with Gasteiger partial charge in [0.2, 0.25) is 0 Å². The number of hydrogen-bond donors (Lipinski definition) is 5. The van der Waals surface area contributed by atoms with E-state index in [1.807, 2.05) is 0 Å². The molecule has 0 saturated heterocycles. The van der Waals surface area contributed by atoms with Crippen molar-refractivity contribution in [3.63, 3.8) is 0 Å². The molecule has 1 aromatic carbocycles. The molecule has 0 radical (unpaired) electrons. The second kappa shape index (κ2) is 4.63. The summed E-state index contributed by atoms with van der Waals surface area (Å²) in [5.41, 5.74) is 12.6. The van der Waals surface area contributed by atoms with Gasteiger partial charge >= 0.3 is 0 Å². The van der Waals surface area contributed by atoms with Crippen LogP contribution in [0, 0.1) is 0 Å². The largest absolute Gasteiger partial charge is 0.409 e. The van der Waals surface area contributed by atoms with Crippen molar-refractivity contribution >= 4 is 11.5 Å². The fourth-order valence-electron chi connectivity index (χ4n) is 1.28. The molecule has 1 aromatic rings. The minimum Gasteiger partial charge on any atom is -0.409 e. The average molecular weight is 211 g/mol. The van der Waals surface area contributed by atoms with Gasteiger partial charge in [-0.25, -0.2) is 0 Å². The van der Waals surface area contributed by atoms with Crippen molar-refractivity contribution < 1.29 is 15.4 Å². The van der Waals surface area contributed by atoms with Crippen LogP contribution in [0.2, 0.25) is 0 Å². The summed E-state index contributed by atoms with van der Waals surface area (Å²) in [5.74, 6) is -0.133. The van der Waals surface area contributed by atoms with Crippen molar-refractivity contribution in [3.8, 4) is 0 Å². The van der Waals surface area contributed by atoms with Gasteiger partial charge in [0.05, 0.1) is 13.2 Å². The molecule has 0 aliphatic heterocycles. The van der Waals surface area contributed by atoms with Gasteiger partial charge in [0.25, 0.3) is 0 Å². The van der Waals surface area contributed by atoms with Crippen LogP contribution in [-0.4, -0.2) is 21.3 Å². The maximum Gasteiger partial charge on any atom is 0.172 e. The number of aliphatic hydroxyl groups is 2. The van der Waals surface area contributed by atoms with Crippen molar-refractivity contribution in [1.29, 1.82) is 0 Å². The van der Waals surface area contributed by atoms with E-state index in [2.05, 4.69) is 5.16 Å². The van der Waals surface area contributed by atoms with E-state index < -0.39 is 0 Å². The molecule has 0 spiro atoms. The van der Waals surface area contributed by atoms with Crippen molar-refractivity contribution in [2.45, 2.75) is 13.2 Å². The molecule has 82 valence electrons. The topological polar surface area (TPSA) is 125 Å². The zero-order valence-electron chi connectivity index (χ0n) is 8.01. The van der Waals surface area contributed by atoms with Gasteiger partial charge in [0, 0.05) is 11.3 Å². The second-order valence-corrected chi connectivity index (χ2v) is 3.01. The highest BCUT2D eigenvalue weighted by Crippen LogP contribution is 2.19. The fourth-order valence-corrected chi connectivity index (χ4v) is 1.28. The number of amidine groups is 1. The number of nitrogens with two attached hydrogens (primary N) is 2. The smallest absolute Gasteiger partial charge is 0.172 e. The van der Waals surface area contributed by atoms with Crippen LogP contribution in [0.1, 0.15) is 16.7 Å². The van der Waals surface area contributed by atoms with Crippen molar-refractivity contribution in [2.75, 3.05) is 5.73 Å². The molecule has 6 nitrogen and oxygen atoms in total. The summed E-state index contributed by atoms with van der Waals surface area (Å²) in [7, 11) is 0. The minimum atomic E-state index is -0.248. The maximum atomic E-state index is 9.02. The third kappa shape index (κ3) is 2.17. The number of benzene rings is 1. The van der Waals surface area contributed by atoms with Crippen molar-refractivity contribution in [1.82, 2.24) is 0 Å². The third-order valence-corrected chi connectivity index (χ3v) is 2.10. The Labute approximate surface area is 86.4 Å². The molecular formula is C9H13N3O3. The lowest BCUT2D eigenvalue weighted by Crippen LogP contribution is -2.16. The van der Waals surface area contributed by atoms with Crippen LogP contribution in [0.5, 0.6) is 0 Å². The average Bonchev–Trinajstić information content (AvgIpc) is 2.27. The van der Waals surface area contributed by atoms with E-state index in [9.17, 15) is 0 Å². The standard InChI is InChI=1S/C9H13N3O3/c10-8-2-6(4-14)5(3-13)1-7(8)9(11)12-15/h1-2,13-15H,3-4,10H2,(H2,11,12). The minimum absolute atomic E-state index is 0.133. The van der Waals surface area contributed by atoms with Gasteiger partial charge in [-0.15, -0.1) is 0 Å². The monoisotopic (exact) mass is 211 g/mol. The number of nitrogens with zero attached hydrogens (tertiary/aromatic N) is 1. The Bertz CT molecular complexity index is 390. The highest BCUT2D eigenvalue weighted by atomic mass is 16.4. The molecule has 0 saturated carbocycles. The molecule has 7 N–H and O–H groups in total. The Morgan fingerprint density at radius 3 is 2.20 bits per heavy atom. The molecule has 1 rings (SSSR count). The first-order valence-electron chi connectivity index (χ1n) is 4.25. The van der Waals surface area contributed by atoms with Gasteiger partial charge in [-0.05, 0) is 23.3 Å². The molecule has 0 amide bonds. The number of anilines is 1. The normalized spacial score (nSPS) is 11.7. The van der Waals surface area contributed by atoms with Crippen molar-refractivity contribution in [2.24, 2.45) is 10.9 Å². The summed E-state index contributed by atoms with van der Waals surface area (Å²) < 4.78 is 0. The van der Waals surface area contributed by atoms with Crippen LogP contribution in [0.25, 0.3) is 0 Å². The van der Waals surface area contributed by atoms with Crippen LogP contribution in [0.3, 0.4) is 0 Å². The van der Waals surface area contributed by atoms with E-state index in [1.54, 1.807) is 0 Å². The van der Waals surface area contributed by atoms with Crippen LogP contribution < -0.4 is 11.5 Å². The van der Waals surface area contributed by atoms with Crippen LogP contribution >= 0.6 is 0 Å². The molecule has 0 bridgehead atoms. The first-order valence-corrected chi connectivity index (χ1v) is 4.25. The van der Waals surface area contributed by atoms with Gasteiger partial charge in [-0.1, -0.05) is 5.16 Å². The Balaban J connectivity index is 3.32. The lowest BCUT2D eigenvalue weighted by atomic mass is 10.0. The molecule has 0 aliphatic carbocycles. The van der Waals surface area contributed by atoms with E-state index in [1.165, 1.54) is 12.1 Å². The molecule has 0 heterocycles. The van der Waals surface area contributed by atoms with Gasteiger partial charge < -0.3 is 26.9 Å². The van der Waals surface area contributed by atoms with Gasteiger partial charge in [0.15, 0.2) is 5.84 Å². The second-order valence-electron chi connectivity index (χ2n) is 3.01. The lowest BCUT2D eigenvalue weighted by molar-refractivity contribution is 0.260. The van der Waals surface area contributed by atoms with Crippen LogP contribution in [0.15, 0.2) is 17.3 Å².